The van der Waals surface area contributed by atoms with Crippen LogP contribution in [0, 0.1) is 0 Å². The first-order chi connectivity index (χ1) is 6.35. The van der Waals surface area contributed by atoms with Crippen LogP contribution in [0.25, 0.3) is 0 Å². The van der Waals surface area contributed by atoms with Crippen molar-refractivity contribution in [1.29, 1.82) is 0 Å². The zero-order valence-corrected chi connectivity index (χ0v) is 9.31. The van der Waals surface area contributed by atoms with E-state index >= 15 is 0 Å². The van der Waals surface area contributed by atoms with E-state index in [0.29, 0.717) is 5.54 Å². The van der Waals surface area contributed by atoms with Gasteiger partial charge < -0.3 is 5.32 Å². The Hall–Kier alpha value is -0.600. The summed E-state index contributed by atoms with van der Waals surface area (Å²) in [5.74, 6) is 0. The predicted octanol–water partition coefficient (Wildman–Crippen LogP) is 2.19. The SMILES string of the molecule is CNC1(CCc2cccnc2)CC1.Cl. The number of nitrogens with zero attached hydrogens (tertiary/aromatic N) is 1. The Morgan fingerprint density at radius 1 is 1.50 bits per heavy atom. The molecular formula is C11H17ClN2. The number of hydrogen-bond donors (Lipinski definition) is 1. The lowest BCUT2D eigenvalue weighted by Gasteiger charge is -2.12. The van der Waals surface area contributed by atoms with Crippen LogP contribution in [0.5, 0.6) is 0 Å². The van der Waals surface area contributed by atoms with E-state index in [2.05, 4.69) is 23.4 Å². The summed E-state index contributed by atoms with van der Waals surface area (Å²) in [7, 11) is 2.07. The Kier molecular flexibility index (Phi) is 3.90. The Balaban J connectivity index is 0.000000980. The van der Waals surface area contributed by atoms with Crippen molar-refractivity contribution in [1.82, 2.24) is 10.3 Å². The average molecular weight is 213 g/mol. The summed E-state index contributed by atoms with van der Waals surface area (Å²) in [5, 5.41) is 3.40. The van der Waals surface area contributed by atoms with E-state index < -0.39 is 0 Å². The first-order valence-electron chi connectivity index (χ1n) is 4.92. The summed E-state index contributed by atoms with van der Waals surface area (Å²) in [5.41, 5.74) is 1.82. The maximum atomic E-state index is 4.11. The van der Waals surface area contributed by atoms with Crippen molar-refractivity contribution >= 4 is 12.4 Å². The molecule has 0 aromatic carbocycles. The fraction of sp³-hybridized carbons (Fsp3) is 0.545. The Bertz CT molecular complexity index is 270. The third-order valence-electron chi connectivity index (χ3n) is 3.00. The van der Waals surface area contributed by atoms with Crippen LogP contribution in [0.4, 0.5) is 0 Å². The van der Waals surface area contributed by atoms with Gasteiger partial charge in [-0.3, -0.25) is 4.98 Å². The Morgan fingerprint density at radius 3 is 2.79 bits per heavy atom. The van der Waals surface area contributed by atoms with Gasteiger partial charge in [0, 0.05) is 17.9 Å². The number of nitrogens with one attached hydrogen (secondary N) is 1. The van der Waals surface area contributed by atoms with E-state index in [1.165, 1.54) is 24.8 Å². The average Bonchev–Trinajstić information content (AvgIpc) is 2.97. The van der Waals surface area contributed by atoms with Gasteiger partial charge in [0.15, 0.2) is 0 Å². The highest BCUT2D eigenvalue weighted by Crippen LogP contribution is 2.38. The normalized spacial score (nSPS) is 17.2. The van der Waals surface area contributed by atoms with Crippen molar-refractivity contribution < 1.29 is 0 Å². The highest BCUT2D eigenvalue weighted by Gasteiger charge is 2.39. The van der Waals surface area contributed by atoms with Crippen molar-refractivity contribution in [2.75, 3.05) is 7.05 Å². The molecule has 78 valence electrons. The molecule has 0 bridgehead atoms. The first kappa shape index (κ1) is 11.5. The van der Waals surface area contributed by atoms with E-state index in [-0.39, 0.29) is 12.4 Å². The van der Waals surface area contributed by atoms with Gasteiger partial charge in [0.2, 0.25) is 0 Å². The molecule has 14 heavy (non-hydrogen) atoms. The standard InChI is InChI=1S/C11H16N2.ClH/c1-12-11(6-7-11)5-4-10-3-2-8-13-9-10;/h2-3,8-9,12H,4-7H2,1H3;1H. The smallest absolute Gasteiger partial charge is 0.0299 e. The van der Waals surface area contributed by atoms with Crippen LogP contribution in [-0.2, 0) is 6.42 Å². The van der Waals surface area contributed by atoms with Crippen LogP contribution in [0.1, 0.15) is 24.8 Å². The lowest BCUT2D eigenvalue weighted by atomic mass is 10.1. The van der Waals surface area contributed by atoms with Gasteiger partial charge in [-0.1, -0.05) is 6.07 Å². The summed E-state index contributed by atoms with van der Waals surface area (Å²) < 4.78 is 0. The second-order valence-corrected chi connectivity index (χ2v) is 3.89. The number of aromatic nitrogens is 1. The van der Waals surface area contributed by atoms with Crippen molar-refractivity contribution in [3.63, 3.8) is 0 Å². The topological polar surface area (TPSA) is 24.9 Å². The highest BCUT2D eigenvalue weighted by atomic mass is 35.5. The molecule has 1 N–H and O–H groups in total. The zero-order valence-electron chi connectivity index (χ0n) is 8.49. The highest BCUT2D eigenvalue weighted by molar-refractivity contribution is 5.85. The quantitative estimate of drug-likeness (QED) is 0.828. The summed E-state index contributed by atoms with van der Waals surface area (Å²) in [4.78, 5) is 4.11. The third kappa shape index (κ3) is 2.69. The van der Waals surface area contributed by atoms with Crippen LogP contribution in [-0.4, -0.2) is 17.6 Å². The van der Waals surface area contributed by atoms with E-state index in [9.17, 15) is 0 Å². The van der Waals surface area contributed by atoms with Gasteiger partial charge in [0.25, 0.3) is 0 Å². The Morgan fingerprint density at radius 2 is 2.29 bits per heavy atom. The van der Waals surface area contributed by atoms with Crippen LogP contribution in [0.3, 0.4) is 0 Å². The summed E-state index contributed by atoms with van der Waals surface area (Å²) in [6, 6.07) is 4.16. The number of hydrogen-bond acceptors (Lipinski definition) is 2. The lowest BCUT2D eigenvalue weighted by Crippen LogP contribution is -2.27. The van der Waals surface area contributed by atoms with E-state index in [0.717, 1.165) is 6.42 Å². The summed E-state index contributed by atoms with van der Waals surface area (Å²) >= 11 is 0. The molecule has 0 spiro atoms. The van der Waals surface area contributed by atoms with Crippen molar-refractivity contribution in [2.45, 2.75) is 31.2 Å². The molecule has 2 rings (SSSR count). The molecule has 1 heterocycles. The number of pyridine rings is 1. The summed E-state index contributed by atoms with van der Waals surface area (Å²) in [6.45, 7) is 0. The van der Waals surface area contributed by atoms with Gasteiger partial charge in [-0.15, -0.1) is 12.4 Å². The molecule has 1 fully saturated rings. The minimum absolute atomic E-state index is 0. The minimum atomic E-state index is 0. The number of halogens is 1. The summed E-state index contributed by atoms with van der Waals surface area (Å²) in [6.07, 6.45) is 8.86. The molecule has 0 atom stereocenters. The maximum absolute atomic E-state index is 4.11. The predicted molar refractivity (Wildman–Crippen MR) is 60.8 cm³/mol. The molecule has 0 unspecified atom stereocenters. The van der Waals surface area contributed by atoms with E-state index in [4.69, 9.17) is 0 Å². The maximum Gasteiger partial charge on any atom is 0.0299 e. The fourth-order valence-corrected chi connectivity index (χ4v) is 1.71. The molecule has 0 saturated heterocycles. The van der Waals surface area contributed by atoms with Crippen LogP contribution in [0.15, 0.2) is 24.5 Å². The molecular weight excluding hydrogens is 196 g/mol. The largest absolute Gasteiger partial charge is 0.314 e. The minimum Gasteiger partial charge on any atom is -0.314 e. The second-order valence-electron chi connectivity index (χ2n) is 3.89. The zero-order chi connectivity index (χ0) is 9.15. The van der Waals surface area contributed by atoms with Gasteiger partial charge in [-0.2, -0.15) is 0 Å². The van der Waals surface area contributed by atoms with Crippen LogP contribution < -0.4 is 5.32 Å². The molecule has 1 aromatic rings. The van der Waals surface area contributed by atoms with Gasteiger partial charge in [0.05, 0.1) is 0 Å². The molecule has 1 saturated carbocycles. The van der Waals surface area contributed by atoms with Crippen molar-refractivity contribution in [2.24, 2.45) is 0 Å². The Labute approximate surface area is 91.5 Å². The molecule has 1 aromatic heterocycles. The molecule has 2 nitrogen and oxygen atoms in total. The second kappa shape index (κ2) is 4.76. The lowest BCUT2D eigenvalue weighted by molar-refractivity contribution is 0.509. The van der Waals surface area contributed by atoms with Gasteiger partial charge in [-0.05, 0) is 44.4 Å². The molecule has 1 aliphatic carbocycles. The number of aryl methyl sites for hydroxylation is 1. The van der Waals surface area contributed by atoms with Crippen LogP contribution in [0.2, 0.25) is 0 Å². The van der Waals surface area contributed by atoms with E-state index in [1.54, 1.807) is 0 Å². The van der Waals surface area contributed by atoms with E-state index in [1.807, 2.05) is 18.5 Å². The third-order valence-corrected chi connectivity index (χ3v) is 3.00. The molecule has 3 heteroatoms. The molecule has 0 aliphatic heterocycles. The van der Waals surface area contributed by atoms with Crippen molar-refractivity contribution in [3.8, 4) is 0 Å². The van der Waals surface area contributed by atoms with Gasteiger partial charge in [0.1, 0.15) is 0 Å². The first-order valence-corrected chi connectivity index (χ1v) is 4.92. The molecule has 0 amide bonds. The van der Waals surface area contributed by atoms with Gasteiger partial charge in [-0.25, -0.2) is 0 Å². The monoisotopic (exact) mass is 212 g/mol. The molecule has 0 radical (unpaired) electrons. The molecule has 1 aliphatic rings. The number of rotatable bonds is 4. The van der Waals surface area contributed by atoms with Crippen LogP contribution >= 0.6 is 12.4 Å². The van der Waals surface area contributed by atoms with Gasteiger partial charge >= 0.3 is 0 Å². The van der Waals surface area contributed by atoms with Crippen molar-refractivity contribution in [3.05, 3.63) is 30.1 Å². The fourth-order valence-electron chi connectivity index (χ4n) is 1.71.